The van der Waals surface area contributed by atoms with Crippen molar-refractivity contribution in [3.8, 4) is 5.75 Å². The number of hydrogen-bond donors (Lipinski definition) is 1. The highest BCUT2D eigenvalue weighted by atomic mass is 32.2. The average molecular weight is 379 g/mol. The van der Waals surface area contributed by atoms with Gasteiger partial charge in [0.05, 0.1) is 18.2 Å². The summed E-state index contributed by atoms with van der Waals surface area (Å²) in [5.41, 5.74) is 2.46. The summed E-state index contributed by atoms with van der Waals surface area (Å²) in [6.45, 7) is 4.22. The van der Waals surface area contributed by atoms with Crippen LogP contribution in [0.15, 0.2) is 29.4 Å². The van der Waals surface area contributed by atoms with Gasteiger partial charge in [0.2, 0.25) is 10.0 Å². The van der Waals surface area contributed by atoms with Gasteiger partial charge in [0.25, 0.3) is 0 Å². The van der Waals surface area contributed by atoms with Crippen LogP contribution < -0.4 is 4.74 Å². The number of methoxy groups -OCH3 is 1. The Bertz CT molecular complexity index is 907. The molecule has 0 radical (unpaired) electrons. The number of aromatic nitrogens is 2. The summed E-state index contributed by atoms with van der Waals surface area (Å²) in [6, 6.07) is 3.29. The second-order valence-electron chi connectivity index (χ2n) is 6.83. The van der Waals surface area contributed by atoms with E-state index in [4.69, 9.17) is 4.74 Å². The van der Waals surface area contributed by atoms with E-state index in [9.17, 15) is 13.5 Å². The maximum Gasteiger partial charge on any atom is 0.243 e. The van der Waals surface area contributed by atoms with Gasteiger partial charge in [0.1, 0.15) is 5.75 Å². The summed E-state index contributed by atoms with van der Waals surface area (Å²) >= 11 is 0. The molecule has 0 aliphatic carbocycles. The number of sulfonamides is 1. The lowest BCUT2D eigenvalue weighted by Gasteiger charge is -2.19. The molecular formula is C18H25N3O4S. The summed E-state index contributed by atoms with van der Waals surface area (Å²) in [6.07, 6.45) is 3.62. The number of aliphatic hydroxyl groups excluding tert-OH is 1. The molecule has 0 bridgehead atoms. The smallest absolute Gasteiger partial charge is 0.243 e. The van der Waals surface area contributed by atoms with Crippen LogP contribution in [-0.2, 0) is 17.1 Å². The van der Waals surface area contributed by atoms with Crippen LogP contribution in [0.2, 0.25) is 0 Å². The van der Waals surface area contributed by atoms with Crippen molar-refractivity contribution in [2.75, 3.05) is 26.8 Å². The topological polar surface area (TPSA) is 84.7 Å². The first-order chi connectivity index (χ1) is 12.3. The summed E-state index contributed by atoms with van der Waals surface area (Å²) in [4.78, 5) is 0.291. The number of rotatable bonds is 5. The first kappa shape index (κ1) is 18.9. The van der Waals surface area contributed by atoms with Crippen LogP contribution in [0.25, 0.3) is 0 Å². The molecule has 26 heavy (non-hydrogen) atoms. The lowest BCUT2D eigenvalue weighted by Crippen LogP contribution is -2.30. The minimum absolute atomic E-state index is 0.0633. The van der Waals surface area contributed by atoms with E-state index in [0.29, 0.717) is 29.3 Å². The van der Waals surface area contributed by atoms with E-state index in [0.717, 1.165) is 11.1 Å². The fraction of sp³-hybridized carbons (Fsp3) is 0.500. The summed E-state index contributed by atoms with van der Waals surface area (Å²) in [5, 5.41) is 13.9. The van der Waals surface area contributed by atoms with Gasteiger partial charge >= 0.3 is 0 Å². The third-order valence-corrected chi connectivity index (χ3v) is 7.30. The standard InChI is InChI=1S/C18H25N3O4S/c1-12-13(2)18(6-5-17(12)25-4)26(23,24)21-9-15(11-22)16(10-21)14-7-19-20(3)8-14/h5-8,15-16,22H,9-11H2,1-4H3/t15-,16-/m0/s1. The third-order valence-electron chi connectivity index (χ3n) is 5.32. The van der Waals surface area contributed by atoms with E-state index >= 15 is 0 Å². The molecule has 1 aromatic heterocycles. The molecule has 142 valence electrons. The summed E-state index contributed by atoms with van der Waals surface area (Å²) in [5.74, 6) is 0.459. The van der Waals surface area contributed by atoms with Crippen molar-refractivity contribution in [3.05, 3.63) is 41.2 Å². The minimum Gasteiger partial charge on any atom is -0.496 e. The van der Waals surface area contributed by atoms with Gasteiger partial charge in [-0.3, -0.25) is 4.68 Å². The highest BCUT2D eigenvalue weighted by Crippen LogP contribution is 2.37. The highest BCUT2D eigenvalue weighted by molar-refractivity contribution is 7.89. The molecular weight excluding hydrogens is 354 g/mol. The summed E-state index contributed by atoms with van der Waals surface area (Å²) < 4.78 is 34.9. The zero-order valence-corrected chi connectivity index (χ0v) is 16.3. The molecule has 1 aliphatic heterocycles. The highest BCUT2D eigenvalue weighted by Gasteiger charge is 2.40. The lowest BCUT2D eigenvalue weighted by molar-refractivity contribution is 0.223. The van der Waals surface area contributed by atoms with Gasteiger partial charge in [0.15, 0.2) is 0 Å². The van der Waals surface area contributed by atoms with Gasteiger partial charge < -0.3 is 9.84 Å². The van der Waals surface area contributed by atoms with E-state index in [1.54, 1.807) is 37.0 Å². The molecule has 0 unspecified atom stereocenters. The van der Waals surface area contributed by atoms with Gasteiger partial charge in [-0.15, -0.1) is 0 Å². The van der Waals surface area contributed by atoms with E-state index in [1.165, 1.54) is 4.31 Å². The predicted octanol–water partition coefficient (Wildman–Crippen LogP) is 1.44. The van der Waals surface area contributed by atoms with Crippen LogP contribution in [0.3, 0.4) is 0 Å². The Kier molecular flexibility index (Phi) is 5.09. The van der Waals surface area contributed by atoms with Gasteiger partial charge in [-0.2, -0.15) is 9.40 Å². The first-order valence-corrected chi connectivity index (χ1v) is 9.97. The van der Waals surface area contributed by atoms with Gasteiger partial charge in [-0.25, -0.2) is 8.42 Å². The van der Waals surface area contributed by atoms with Crippen molar-refractivity contribution in [2.45, 2.75) is 24.7 Å². The second kappa shape index (κ2) is 7.02. The van der Waals surface area contributed by atoms with Crippen LogP contribution in [0, 0.1) is 19.8 Å². The Morgan fingerprint density at radius 2 is 2.00 bits per heavy atom. The molecule has 1 aliphatic rings. The van der Waals surface area contributed by atoms with E-state index < -0.39 is 10.0 Å². The maximum atomic E-state index is 13.2. The molecule has 7 nitrogen and oxygen atoms in total. The molecule has 8 heteroatoms. The number of ether oxygens (including phenoxy) is 1. The van der Waals surface area contributed by atoms with Gasteiger partial charge in [-0.1, -0.05) is 0 Å². The first-order valence-electron chi connectivity index (χ1n) is 8.53. The monoisotopic (exact) mass is 379 g/mol. The molecule has 0 amide bonds. The third kappa shape index (κ3) is 3.13. The van der Waals surface area contributed by atoms with E-state index in [1.807, 2.05) is 20.2 Å². The zero-order chi connectivity index (χ0) is 19.1. The normalized spacial score (nSPS) is 21.3. The molecule has 1 aromatic carbocycles. The number of benzene rings is 1. The van der Waals surface area contributed by atoms with Crippen molar-refractivity contribution in [3.63, 3.8) is 0 Å². The van der Waals surface area contributed by atoms with Crippen molar-refractivity contribution in [1.29, 1.82) is 0 Å². The van der Waals surface area contributed by atoms with Crippen molar-refractivity contribution in [2.24, 2.45) is 13.0 Å². The average Bonchev–Trinajstić information content (AvgIpc) is 3.23. The van der Waals surface area contributed by atoms with Crippen molar-refractivity contribution >= 4 is 10.0 Å². The molecule has 2 heterocycles. The van der Waals surface area contributed by atoms with Crippen LogP contribution in [0.1, 0.15) is 22.6 Å². The van der Waals surface area contributed by atoms with Crippen LogP contribution >= 0.6 is 0 Å². The van der Waals surface area contributed by atoms with Gasteiger partial charge in [0, 0.05) is 44.8 Å². The lowest BCUT2D eigenvalue weighted by atomic mass is 9.92. The van der Waals surface area contributed by atoms with E-state index in [2.05, 4.69) is 5.10 Å². The van der Waals surface area contributed by atoms with Crippen molar-refractivity contribution in [1.82, 2.24) is 14.1 Å². The summed E-state index contributed by atoms with van der Waals surface area (Å²) in [7, 11) is -0.261. The van der Waals surface area contributed by atoms with Gasteiger partial charge in [-0.05, 0) is 42.7 Å². The zero-order valence-electron chi connectivity index (χ0n) is 15.5. The Hall–Kier alpha value is -1.90. The molecule has 2 aromatic rings. The quantitative estimate of drug-likeness (QED) is 0.850. The molecule has 0 spiro atoms. The largest absolute Gasteiger partial charge is 0.496 e. The minimum atomic E-state index is -3.65. The molecule has 3 rings (SSSR count). The van der Waals surface area contributed by atoms with Crippen LogP contribution in [-0.4, -0.2) is 54.4 Å². The second-order valence-corrected chi connectivity index (χ2v) is 8.74. The Labute approximate surface area is 154 Å². The fourth-order valence-electron chi connectivity index (χ4n) is 3.63. The number of nitrogens with zero attached hydrogens (tertiary/aromatic N) is 3. The Morgan fingerprint density at radius 1 is 1.27 bits per heavy atom. The van der Waals surface area contributed by atoms with Crippen LogP contribution in [0.5, 0.6) is 5.75 Å². The number of hydrogen-bond acceptors (Lipinski definition) is 5. The Balaban J connectivity index is 1.94. The van der Waals surface area contributed by atoms with E-state index in [-0.39, 0.29) is 18.4 Å². The predicted molar refractivity (Wildman–Crippen MR) is 97.8 cm³/mol. The molecule has 2 atom stereocenters. The maximum absolute atomic E-state index is 13.2. The number of aliphatic hydroxyl groups is 1. The fourth-order valence-corrected chi connectivity index (χ4v) is 5.44. The number of aryl methyl sites for hydroxylation is 1. The van der Waals surface area contributed by atoms with Crippen molar-refractivity contribution < 1.29 is 18.3 Å². The molecule has 1 fully saturated rings. The SMILES string of the molecule is COc1ccc(S(=O)(=O)N2C[C@@H](CO)[C@H](c3cnn(C)c3)C2)c(C)c1C. The molecule has 1 saturated heterocycles. The van der Waals surface area contributed by atoms with Crippen LogP contribution in [0.4, 0.5) is 0 Å². The molecule has 1 N–H and O–H groups in total. The Morgan fingerprint density at radius 3 is 2.58 bits per heavy atom. The molecule has 0 saturated carbocycles.